The molecular weight excluding hydrogens is 256 g/mol. The lowest BCUT2D eigenvalue weighted by atomic mass is 9.92. The summed E-state index contributed by atoms with van der Waals surface area (Å²) in [4.78, 5) is 15.9. The molecule has 5 heteroatoms. The molecule has 5 nitrogen and oxygen atoms in total. The van der Waals surface area contributed by atoms with E-state index in [2.05, 4.69) is 23.6 Å². The maximum atomic E-state index is 11.3. The number of carboxylic acid groups (broad SMARTS) is 1. The van der Waals surface area contributed by atoms with Crippen LogP contribution in [-0.4, -0.2) is 70.3 Å². The fourth-order valence-corrected chi connectivity index (χ4v) is 3.45. The molecular formula is C15H28N2O3. The van der Waals surface area contributed by atoms with Gasteiger partial charge in [-0.15, -0.1) is 0 Å². The molecule has 2 saturated heterocycles. The second kappa shape index (κ2) is 6.87. The highest BCUT2D eigenvalue weighted by Gasteiger charge is 2.34. The molecule has 2 aliphatic heterocycles. The number of carboxylic acids is 1. The Kier molecular flexibility index (Phi) is 5.41. The third-order valence-corrected chi connectivity index (χ3v) is 4.84. The number of nitrogens with zero attached hydrogens (tertiary/aromatic N) is 2. The van der Waals surface area contributed by atoms with Gasteiger partial charge in [0.2, 0.25) is 0 Å². The fourth-order valence-electron chi connectivity index (χ4n) is 3.45. The number of aliphatic carboxylic acids is 1. The molecule has 0 spiro atoms. The van der Waals surface area contributed by atoms with Gasteiger partial charge in [-0.25, -0.2) is 0 Å². The van der Waals surface area contributed by atoms with E-state index in [-0.39, 0.29) is 0 Å². The van der Waals surface area contributed by atoms with Gasteiger partial charge in [0, 0.05) is 19.1 Å². The van der Waals surface area contributed by atoms with Crippen molar-refractivity contribution >= 4 is 5.97 Å². The second-order valence-corrected chi connectivity index (χ2v) is 6.60. The van der Waals surface area contributed by atoms with Crippen molar-refractivity contribution in [3.05, 3.63) is 0 Å². The highest BCUT2D eigenvalue weighted by Crippen LogP contribution is 2.24. The van der Waals surface area contributed by atoms with Gasteiger partial charge in [0.15, 0.2) is 0 Å². The number of rotatable bonds is 4. The van der Waals surface area contributed by atoms with Crippen LogP contribution in [0.25, 0.3) is 0 Å². The zero-order valence-electron chi connectivity index (χ0n) is 12.7. The number of likely N-dealkylation sites (tertiary alicyclic amines) is 2. The third kappa shape index (κ3) is 3.93. The summed E-state index contributed by atoms with van der Waals surface area (Å²) < 4.78 is 0. The molecule has 0 bridgehead atoms. The van der Waals surface area contributed by atoms with Crippen molar-refractivity contribution in [3.8, 4) is 0 Å². The van der Waals surface area contributed by atoms with Crippen molar-refractivity contribution < 1.29 is 15.0 Å². The SMILES string of the molecule is CC(C)N1CCC(CN2CC[C@@H](O)C[C@H]2C(=O)O)CC1. The highest BCUT2D eigenvalue weighted by atomic mass is 16.4. The molecule has 0 aromatic heterocycles. The molecule has 20 heavy (non-hydrogen) atoms. The summed E-state index contributed by atoms with van der Waals surface area (Å²) in [5.74, 6) is -0.189. The monoisotopic (exact) mass is 284 g/mol. The average molecular weight is 284 g/mol. The van der Waals surface area contributed by atoms with Crippen molar-refractivity contribution in [2.24, 2.45) is 5.92 Å². The van der Waals surface area contributed by atoms with Crippen LogP contribution in [0.2, 0.25) is 0 Å². The summed E-state index contributed by atoms with van der Waals surface area (Å²) in [5, 5.41) is 19.0. The summed E-state index contributed by atoms with van der Waals surface area (Å²) >= 11 is 0. The Balaban J connectivity index is 1.85. The summed E-state index contributed by atoms with van der Waals surface area (Å²) in [5.41, 5.74) is 0. The van der Waals surface area contributed by atoms with Crippen molar-refractivity contribution in [2.75, 3.05) is 26.2 Å². The predicted octanol–water partition coefficient (Wildman–Crippen LogP) is 1.02. The predicted molar refractivity (Wildman–Crippen MR) is 77.7 cm³/mol. The van der Waals surface area contributed by atoms with Gasteiger partial charge in [0.25, 0.3) is 0 Å². The van der Waals surface area contributed by atoms with Crippen LogP contribution in [-0.2, 0) is 4.79 Å². The van der Waals surface area contributed by atoms with Crippen LogP contribution in [0.3, 0.4) is 0 Å². The first-order valence-corrected chi connectivity index (χ1v) is 7.86. The summed E-state index contributed by atoms with van der Waals surface area (Å²) in [6.07, 6.45) is 2.94. The first-order chi connectivity index (χ1) is 9.47. The quantitative estimate of drug-likeness (QED) is 0.807. The normalized spacial score (nSPS) is 30.8. The Morgan fingerprint density at radius 2 is 1.85 bits per heavy atom. The van der Waals surface area contributed by atoms with E-state index >= 15 is 0 Å². The zero-order chi connectivity index (χ0) is 14.7. The van der Waals surface area contributed by atoms with Gasteiger partial charge in [0.05, 0.1) is 6.10 Å². The first kappa shape index (κ1) is 15.7. The van der Waals surface area contributed by atoms with Crippen LogP contribution < -0.4 is 0 Å². The number of aliphatic hydroxyl groups is 1. The van der Waals surface area contributed by atoms with Crippen LogP contribution >= 0.6 is 0 Å². The van der Waals surface area contributed by atoms with Crippen LogP contribution in [0.5, 0.6) is 0 Å². The van der Waals surface area contributed by atoms with Crippen LogP contribution in [0.1, 0.15) is 39.5 Å². The fraction of sp³-hybridized carbons (Fsp3) is 0.933. The summed E-state index contributed by atoms with van der Waals surface area (Å²) in [7, 11) is 0. The lowest BCUT2D eigenvalue weighted by Gasteiger charge is -2.40. The van der Waals surface area contributed by atoms with Crippen LogP contribution in [0.15, 0.2) is 0 Å². The molecule has 2 atom stereocenters. The molecule has 0 saturated carbocycles. The van der Waals surface area contributed by atoms with Crippen molar-refractivity contribution in [2.45, 2.75) is 57.7 Å². The number of hydrogen-bond donors (Lipinski definition) is 2. The highest BCUT2D eigenvalue weighted by molar-refractivity contribution is 5.73. The number of piperidine rings is 2. The molecule has 2 aliphatic rings. The molecule has 116 valence electrons. The number of hydrogen-bond acceptors (Lipinski definition) is 4. The van der Waals surface area contributed by atoms with Crippen LogP contribution in [0.4, 0.5) is 0 Å². The molecule has 2 heterocycles. The van der Waals surface area contributed by atoms with Gasteiger partial charge in [-0.05, 0) is 58.5 Å². The Labute approximate surface area is 121 Å². The molecule has 0 aromatic rings. The van der Waals surface area contributed by atoms with Gasteiger partial charge < -0.3 is 15.1 Å². The van der Waals surface area contributed by atoms with E-state index in [1.54, 1.807) is 0 Å². The maximum Gasteiger partial charge on any atom is 0.321 e. The standard InChI is InChI=1S/C15H28N2O3/c1-11(2)16-6-3-12(4-7-16)10-17-8-5-13(18)9-14(17)15(19)20/h11-14,18H,3-10H2,1-2H3,(H,19,20)/t13-,14+/m1/s1. The van der Waals surface area contributed by atoms with Gasteiger partial charge in [0.1, 0.15) is 6.04 Å². The van der Waals surface area contributed by atoms with E-state index in [4.69, 9.17) is 0 Å². The number of carbonyl (C=O) groups is 1. The average Bonchev–Trinajstić information content (AvgIpc) is 2.41. The van der Waals surface area contributed by atoms with Crippen molar-refractivity contribution in [1.29, 1.82) is 0 Å². The lowest BCUT2D eigenvalue weighted by Crippen LogP contribution is -2.51. The molecule has 0 aliphatic carbocycles. The molecule has 2 fully saturated rings. The minimum Gasteiger partial charge on any atom is -0.480 e. The third-order valence-electron chi connectivity index (χ3n) is 4.84. The Morgan fingerprint density at radius 3 is 2.40 bits per heavy atom. The maximum absolute atomic E-state index is 11.3. The van der Waals surface area contributed by atoms with E-state index in [9.17, 15) is 15.0 Å². The van der Waals surface area contributed by atoms with Crippen molar-refractivity contribution in [3.63, 3.8) is 0 Å². The molecule has 0 unspecified atom stereocenters. The Hall–Kier alpha value is -0.650. The smallest absolute Gasteiger partial charge is 0.321 e. The largest absolute Gasteiger partial charge is 0.480 e. The van der Waals surface area contributed by atoms with Gasteiger partial charge in [-0.3, -0.25) is 9.69 Å². The van der Waals surface area contributed by atoms with Crippen LogP contribution in [0, 0.1) is 5.92 Å². The van der Waals surface area contributed by atoms with E-state index in [0.717, 1.165) is 32.5 Å². The summed E-state index contributed by atoms with van der Waals surface area (Å²) in [6, 6.07) is 0.106. The summed E-state index contributed by atoms with van der Waals surface area (Å²) in [6.45, 7) is 8.28. The topological polar surface area (TPSA) is 64.0 Å². The van der Waals surface area contributed by atoms with E-state index < -0.39 is 18.1 Å². The minimum atomic E-state index is -0.789. The van der Waals surface area contributed by atoms with E-state index in [1.807, 2.05) is 0 Å². The second-order valence-electron chi connectivity index (χ2n) is 6.60. The van der Waals surface area contributed by atoms with Crippen molar-refractivity contribution in [1.82, 2.24) is 9.80 Å². The molecule has 2 rings (SSSR count). The molecule has 0 aromatic carbocycles. The molecule has 2 N–H and O–H groups in total. The molecule has 0 amide bonds. The van der Waals surface area contributed by atoms with E-state index in [1.165, 1.54) is 0 Å². The van der Waals surface area contributed by atoms with Gasteiger partial charge in [-0.1, -0.05) is 0 Å². The minimum absolute atomic E-state index is 0.375. The Bertz CT molecular complexity index is 327. The van der Waals surface area contributed by atoms with Gasteiger partial charge in [-0.2, -0.15) is 0 Å². The Morgan fingerprint density at radius 1 is 1.20 bits per heavy atom. The zero-order valence-corrected chi connectivity index (χ0v) is 12.7. The number of aliphatic hydroxyl groups excluding tert-OH is 1. The van der Waals surface area contributed by atoms with Gasteiger partial charge >= 0.3 is 5.97 Å². The lowest BCUT2D eigenvalue weighted by molar-refractivity contribution is -0.147. The first-order valence-electron chi connectivity index (χ1n) is 7.86. The van der Waals surface area contributed by atoms with E-state index in [0.29, 0.717) is 31.3 Å². The molecule has 0 radical (unpaired) electrons.